The maximum Gasteiger partial charge on any atom is 0.410 e. The van der Waals surface area contributed by atoms with Crippen LogP contribution in [0.5, 0.6) is 0 Å². The first-order chi connectivity index (χ1) is 14.4. The quantitative estimate of drug-likeness (QED) is 0.635. The highest BCUT2D eigenvalue weighted by Gasteiger charge is 2.37. The number of carbonyl (C=O) groups excluding carboxylic acids is 2. The number of rotatable bonds is 8. The Kier molecular flexibility index (Phi) is 8.82. The van der Waals surface area contributed by atoms with Crippen LogP contribution in [0.3, 0.4) is 0 Å². The minimum atomic E-state index is -1.23. The van der Waals surface area contributed by atoms with Crippen LogP contribution in [-0.4, -0.2) is 74.8 Å². The van der Waals surface area contributed by atoms with Crippen LogP contribution in [0, 0.1) is 5.92 Å². The summed E-state index contributed by atoms with van der Waals surface area (Å²) in [6.07, 6.45) is -0.423. The Morgan fingerprint density at radius 1 is 1.03 bits per heavy atom. The molecule has 0 aliphatic rings. The summed E-state index contributed by atoms with van der Waals surface area (Å²) in [6, 6.07) is -2.11. The summed E-state index contributed by atoms with van der Waals surface area (Å²) in [5, 5.41) is 13.7. The van der Waals surface area contributed by atoms with Crippen molar-refractivity contribution >= 4 is 18.0 Å². The van der Waals surface area contributed by atoms with Crippen LogP contribution in [-0.2, 0) is 26.2 Å². The van der Waals surface area contributed by atoms with E-state index in [9.17, 15) is 19.5 Å². The van der Waals surface area contributed by atoms with E-state index in [1.165, 1.54) is 19.0 Å². The third-order valence-corrected chi connectivity index (χ3v) is 4.71. The average Bonchev–Trinajstić information content (AvgIpc) is 3.09. The van der Waals surface area contributed by atoms with Crippen molar-refractivity contribution in [1.82, 2.24) is 19.9 Å². The molecule has 0 aromatic carbocycles. The van der Waals surface area contributed by atoms with Crippen LogP contribution < -0.4 is 0 Å². The zero-order chi connectivity index (χ0) is 25.0. The number of likely N-dealkylation sites (N-methyl/N-ethyl adjacent to an activating group) is 2. The van der Waals surface area contributed by atoms with Crippen LogP contribution in [0.1, 0.15) is 73.5 Å². The fourth-order valence-electron chi connectivity index (χ4n) is 2.93. The highest BCUT2D eigenvalue weighted by molar-refractivity contribution is 5.89. The monoisotopic (exact) mass is 454 g/mol. The summed E-state index contributed by atoms with van der Waals surface area (Å²) in [5.41, 5.74) is -1.11. The summed E-state index contributed by atoms with van der Waals surface area (Å²) in [7, 11) is 2.89. The van der Waals surface area contributed by atoms with Crippen molar-refractivity contribution in [3.05, 3.63) is 11.7 Å². The minimum Gasteiger partial charge on any atom is -0.480 e. The number of carboxylic acid groups (broad SMARTS) is 1. The Morgan fingerprint density at radius 2 is 1.59 bits per heavy atom. The summed E-state index contributed by atoms with van der Waals surface area (Å²) >= 11 is 0. The Bertz CT molecular complexity index is 806. The molecule has 0 aliphatic carbocycles. The van der Waals surface area contributed by atoms with Gasteiger partial charge in [0, 0.05) is 25.9 Å². The lowest BCUT2D eigenvalue weighted by atomic mass is 9.97. The first-order valence-electron chi connectivity index (χ1n) is 10.7. The number of aromatic nitrogens is 2. The molecular formula is C22H38N4O6. The molecule has 1 aromatic heterocycles. The Balaban J connectivity index is 3.13. The van der Waals surface area contributed by atoms with Crippen molar-refractivity contribution in [2.75, 3.05) is 14.1 Å². The van der Waals surface area contributed by atoms with Crippen molar-refractivity contribution in [3.63, 3.8) is 0 Å². The topological polar surface area (TPSA) is 126 Å². The third-order valence-electron chi connectivity index (χ3n) is 4.71. The molecule has 1 rings (SSSR count). The van der Waals surface area contributed by atoms with Crippen molar-refractivity contribution in [3.8, 4) is 0 Å². The molecule has 10 heteroatoms. The fourth-order valence-corrected chi connectivity index (χ4v) is 2.93. The van der Waals surface area contributed by atoms with Gasteiger partial charge in [-0.05, 0) is 33.1 Å². The maximum atomic E-state index is 13.3. The number of carbonyl (C=O) groups is 3. The van der Waals surface area contributed by atoms with E-state index in [1.807, 2.05) is 34.6 Å². The molecule has 32 heavy (non-hydrogen) atoms. The predicted octanol–water partition coefficient (Wildman–Crippen LogP) is 3.10. The summed E-state index contributed by atoms with van der Waals surface area (Å²) in [4.78, 5) is 44.6. The molecule has 0 spiro atoms. The Labute approximate surface area is 190 Å². The van der Waals surface area contributed by atoms with Crippen molar-refractivity contribution < 1.29 is 28.8 Å². The second-order valence-corrected chi connectivity index (χ2v) is 10.5. The normalized spacial score (nSPS) is 14.1. The molecule has 0 bridgehead atoms. The number of hydrogen-bond donors (Lipinski definition) is 1. The number of carboxylic acids is 1. The molecule has 2 amide bonds. The number of aliphatic carboxylic acids is 1. The highest BCUT2D eigenvalue weighted by Crippen LogP contribution is 2.21. The number of amides is 2. The molecule has 1 N–H and O–H groups in total. The molecule has 182 valence electrons. The summed E-state index contributed by atoms with van der Waals surface area (Å²) in [6.45, 7) is 14.8. The molecule has 1 aromatic rings. The Morgan fingerprint density at radius 3 is 2.00 bits per heavy atom. The molecule has 0 radical (unpaired) electrons. The fraction of sp³-hybridized carbons (Fsp3) is 0.773. The molecule has 0 saturated carbocycles. The zero-order valence-electron chi connectivity index (χ0n) is 20.9. The molecule has 1 heterocycles. The van der Waals surface area contributed by atoms with E-state index in [0.717, 1.165) is 4.90 Å². The van der Waals surface area contributed by atoms with Gasteiger partial charge in [0.2, 0.25) is 11.8 Å². The van der Waals surface area contributed by atoms with Gasteiger partial charge < -0.3 is 19.3 Å². The van der Waals surface area contributed by atoms with Crippen LogP contribution in [0.2, 0.25) is 0 Å². The zero-order valence-corrected chi connectivity index (χ0v) is 20.9. The van der Waals surface area contributed by atoms with Gasteiger partial charge in [0.15, 0.2) is 5.82 Å². The Hall–Kier alpha value is -2.65. The summed E-state index contributed by atoms with van der Waals surface area (Å²) in [5.74, 6) is -1.04. The summed E-state index contributed by atoms with van der Waals surface area (Å²) < 4.78 is 10.6. The SMILES string of the molecule is CC(C)C[C@@H](C(=O)N(C)[C@H](Cc1noc(C(C)(C)C)n1)C(=O)O)N(C)C(=O)OC(C)(C)C. The van der Waals surface area contributed by atoms with Gasteiger partial charge in [-0.25, -0.2) is 9.59 Å². The van der Waals surface area contributed by atoms with Gasteiger partial charge in [-0.3, -0.25) is 9.69 Å². The molecule has 0 unspecified atom stereocenters. The van der Waals surface area contributed by atoms with Crippen molar-refractivity contribution in [2.45, 2.75) is 91.3 Å². The average molecular weight is 455 g/mol. The van der Waals surface area contributed by atoms with E-state index in [0.29, 0.717) is 12.3 Å². The lowest BCUT2D eigenvalue weighted by molar-refractivity contribution is -0.151. The molecule has 0 saturated heterocycles. The lowest BCUT2D eigenvalue weighted by Gasteiger charge is -2.34. The van der Waals surface area contributed by atoms with Gasteiger partial charge in [-0.2, -0.15) is 4.98 Å². The highest BCUT2D eigenvalue weighted by atomic mass is 16.6. The van der Waals surface area contributed by atoms with Gasteiger partial charge in [0.25, 0.3) is 0 Å². The number of hydrogen-bond acceptors (Lipinski definition) is 7. The van der Waals surface area contributed by atoms with Crippen molar-refractivity contribution in [2.24, 2.45) is 5.92 Å². The van der Waals surface area contributed by atoms with Gasteiger partial charge in [0.1, 0.15) is 17.7 Å². The first-order valence-corrected chi connectivity index (χ1v) is 10.7. The second kappa shape index (κ2) is 10.3. The molecule has 10 nitrogen and oxygen atoms in total. The van der Waals surface area contributed by atoms with Crippen LogP contribution in [0.4, 0.5) is 4.79 Å². The molecular weight excluding hydrogens is 416 g/mol. The largest absolute Gasteiger partial charge is 0.480 e. The predicted molar refractivity (Wildman–Crippen MR) is 118 cm³/mol. The van der Waals surface area contributed by atoms with Gasteiger partial charge >= 0.3 is 12.1 Å². The molecule has 0 aliphatic heterocycles. The minimum absolute atomic E-state index is 0.0806. The van der Waals surface area contributed by atoms with Crippen LogP contribution in [0.25, 0.3) is 0 Å². The van der Waals surface area contributed by atoms with E-state index < -0.39 is 35.7 Å². The van der Waals surface area contributed by atoms with Crippen LogP contribution in [0.15, 0.2) is 4.52 Å². The first kappa shape index (κ1) is 27.4. The van der Waals surface area contributed by atoms with E-state index >= 15 is 0 Å². The van der Waals surface area contributed by atoms with E-state index in [2.05, 4.69) is 10.1 Å². The second-order valence-electron chi connectivity index (χ2n) is 10.5. The van der Waals surface area contributed by atoms with Crippen molar-refractivity contribution in [1.29, 1.82) is 0 Å². The van der Waals surface area contributed by atoms with E-state index in [-0.39, 0.29) is 23.6 Å². The van der Waals surface area contributed by atoms with Gasteiger partial charge in [0.05, 0.1) is 0 Å². The number of nitrogens with zero attached hydrogens (tertiary/aromatic N) is 4. The standard InChI is InChI=1S/C22H38N4O6/c1-13(2)11-14(26(10)20(30)31-22(6,7)8)17(27)25(9)15(18(28)29)12-16-23-19(32-24-16)21(3,4)5/h13-15H,11-12H2,1-10H3,(H,28,29)/t14-,15+/m0/s1. The van der Waals surface area contributed by atoms with Crippen LogP contribution >= 0.6 is 0 Å². The molecule has 2 atom stereocenters. The van der Waals surface area contributed by atoms with E-state index in [4.69, 9.17) is 9.26 Å². The smallest absolute Gasteiger partial charge is 0.410 e. The third kappa shape index (κ3) is 7.80. The van der Waals surface area contributed by atoms with Gasteiger partial charge in [-0.15, -0.1) is 0 Å². The number of ether oxygens (including phenoxy) is 1. The maximum absolute atomic E-state index is 13.3. The van der Waals surface area contributed by atoms with Gasteiger partial charge in [-0.1, -0.05) is 39.8 Å². The molecule has 0 fully saturated rings. The van der Waals surface area contributed by atoms with E-state index in [1.54, 1.807) is 20.8 Å². The lowest BCUT2D eigenvalue weighted by Crippen LogP contribution is -2.54.